The van der Waals surface area contributed by atoms with E-state index in [4.69, 9.17) is 16.3 Å². The van der Waals surface area contributed by atoms with E-state index in [1.807, 2.05) is 30.3 Å². The van der Waals surface area contributed by atoms with Crippen molar-refractivity contribution in [2.75, 3.05) is 0 Å². The van der Waals surface area contributed by atoms with Crippen molar-refractivity contribution < 1.29 is 14.3 Å². The van der Waals surface area contributed by atoms with E-state index in [1.165, 1.54) is 0 Å². The van der Waals surface area contributed by atoms with Gasteiger partial charge in [-0.05, 0) is 30.2 Å². The van der Waals surface area contributed by atoms with Gasteiger partial charge in [0, 0.05) is 5.02 Å². The monoisotopic (exact) mass is 356 g/mol. The molecule has 0 fully saturated rings. The number of hydrogen-bond donors (Lipinski definition) is 2. The summed E-state index contributed by atoms with van der Waals surface area (Å²) < 4.78 is 5.43. The summed E-state index contributed by atoms with van der Waals surface area (Å²) in [4.78, 5) is 24.5. The van der Waals surface area contributed by atoms with E-state index in [1.54, 1.807) is 31.2 Å². The van der Waals surface area contributed by atoms with Gasteiger partial charge in [0.15, 0.2) is 0 Å². The summed E-state index contributed by atoms with van der Waals surface area (Å²) in [5.74, 6) is -0.478. The summed E-state index contributed by atoms with van der Waals surface area (Å²) in [6.07, 6.45) is 0. The smallest absolute Gasteiger partial charge is 0.338 e. The van der Waals surface area contributed by atoms with Crippen LogP contribution in [0.5, 0.6) is 0 Å². The predicted octanol–water partition coefficient (Wildman–Crippen LogP) is 3.50. The molecule has 6 heteroatoms. The molecule has 2 amide bonds. The van der Waals surface area contributed by atoms with Crippen molar-refractivity contribution in [3.05, 3.63) is 76.3 Å². The van der Waals surface area contributed by atoms with Crippen LogP contribution < -0.4 is 10.6 Å². The van der Waals surface area contributed by atoms with Crippen LogP contribution in [0.2, 0.25) is 5.02 Å². The summed E-state index contributed by atoms with van der Waals surface area (Å²) >= 11 is 5.92. The molecule has 0 bridgehead atoms. The Labute approximate surface area is 150 Å². The average molecular weight is 357 g/mol. The summed E-state index contributed by atoms with van der Waals surface area (Å²) in [5.41, 5.74) is 2.39. The molecule has 3 rings (SSSR count). The van der Waals surface area contributed by atoms with Gasteiger partial charge >= 0.3 is 12.0 Å². The number of rotatable bonds is 4. The molecular formula is C19H17ClN2O3. The molecule has 2 N–H and O–H groups in total. The van der Waals surface area contributed by atoms with E-state index in [0.717, 1.165) is 5.56 Å². The van der Waals surface area contributed by atoms with Crippen LogP contribution in [-0.2, 0) is 16.1 Å². The third-order valence-corrected chi connectivity index (χ3v) is 4.11. The number of carbonyl (C=O) groups excluding carboxylic acids is 2. The SMILES string of the molecule is C[C@H]1NC(=O)NC(c2ccc(Cl)cc2)=C1C(=O)OCc1ccccc1. The molecule has 0 spiro atoms. The maximum absolute atomic E-state index is 12.6. The number of nitrogens with one attached hydrogen (secondary N) is 2. The number of urea groups is 1. The molecule has 1 aliphatic heterocycles. The highest BCUT2D eigenvalue weighted by Gasteiger charge is 2.30. The largest absolute Gasteiger partial charge is 0.457 e. The van der Waals surface area contributed by atoms with Gasteiger partial charge in [-0.25, -0.2) is 9.59 Å². The van der Waals surface area contributed by atoms with Gasteiger partial charge in [0.25, 0.3) is 0 Å². The standard InChI is InChI=1S/C19H17ClN2O3/c1-12-16(18(23)25-11-13-5-3-2-4-6-13)17(22-19(24)21-12)14-7-9-15(20)10-8-14/h2-10,12H,11H2,1H3,(H2,21,22,24)/t12-/m1/s1. The van der Waals surface area contributed by atoms with Gasteiger partial charge in [-0.2, -0.15) is 0 Å². The average Bonchev–Trinajstić information content (AvgIpc) is 2.60. The maximum Gasteiger partial charge on any atom is 0.338 e. The van der Waals surface area contributed by atoms with E-state index < -0.39 is 12.0 Å². The second-order valence-electron chi connectivity index (χ2n) is 5.68. The molecule has 0 aliphatic carbocycles. The lowest BCUT2D eigenvalue weighted by molar-refractivity contribution is -0.140. The Kier molecular flexibility index (Phi) is 5.05. The fourth-order valence-corrected chi connectivity index (χ4v) is 2.75. The zero-order chi connectivity index (χ0) is 17.8. The number of esters is 1. The first kappa shape index (κ1) is 17.0. The van der Waals surface area contributed by atoms with Crippen molar-refractivity contribution in [1.82, 2.24) is 10.6 Å². The van der Waals surface area contributed by atoms with Gasteiger partial charge in [0.05, 0.1) is 17.3 Å². The van der Waals surface area contributed by atoms with Gasteiger partial charge in [-0.3, -0.25) is 0 Å². The molecule has 0 unspecified atom stereocenters. The minimum Gasteiger partial charge on any atom is -0.457 e. The number of hydrogen-bond acceptors (Lipinski definition) is 3. The first-order valence-electron chi connectivity index (χ1n) is 7.83. The van der Waals surface area contributed by atoms with Crippen LogP contribution >= 0.6 is 11.6 Å². The zero-order valence-corrected chi connectivity index (χ0v) is 14.3. The number of amides is 2. The molecule has 1 heterocycles. The number of benzene rings is 2. The van der Waals surface area contributed by atoms with Crippen molar-refractivity contribution >= 4 is 29.3 Å². The van der Waals surface area contributed by atoms with E-state index in [2.05, 4.69) is 10.6 Å². The van der Waals surface area contributed by atoms with Crippen molar-refractivity contribution in [2.24, 2.45) is 0 Å². The fourth-order valence-electron chi connectivity index (χ4n) is 2.63. The van der Waals surface area contributed by atoms with E-state index >= 15 is 0 Å². The number of ether oxygens (including phenoxy) is 1. The molecule has 0 saturated carbocycles. The van der Waals surface area contributed by atoms with Crippen molar-refractivity contribution in [1.29, 1.82) is 0 Å². The Morgan fingerprint density at radius 3 is 2.48 bits per heavy atom. The van der Waals surface area contributed by atoms with Gasteiger partial charge < -0.3 is 15.4 Å². The van der Waals surface area contributed by atoms with Crippen LogP contribution in [0.4, 0.5) is 4.79 Å². The van der Waals surface area contributed by atoms with Crippen molar-refractivity contribution in [3.8, 4) is 0 Å². The van der Waals surface area contributed by atoms with Crippen LogP contribution in [0.3, 0.4) is 0 Å². The molecule has 1 atom stereocenters. The van der Waals surface area contributed by atoms with Crippen molar-refractivity contribution in [3.63, 3.8) is 0 Å². The van der Waals surface area contributed by atoms with Gasteiger partial charge in [-0.1, -0.05) is 54.1 Å². The number of carbonyl (C=O) groups is 2. The van der Waals surface area contributed by atoms with Crippen LogP contribution in [0.25, 0.3) is 5.70 Å². The number of halogens is 1. The highest BCUT2D eigenvalue weighted by Crippen LogP contribution is 2.24. The van der Waals surface area contributed by atoms with Crippen molar-refractivity contribution in [2.45, 2.75) is 19.6 Å². The lowest BCUT2D eigenvalue weighted by Crippen LogP contribution is -2.48. The van der Waals surface area contributed by atoms with Gasteiger partial charge in [0.1, 0.15) is 6.61 Å². The van der Waals surface area contributed by atoms with E-state index in [9.17, 15) is 9.59 Å². The zero-order valence-electron chi connectivity index (χ0n) is 13.6. The molecule has 0 saturated heterocycles. The predicted molar refractivity (Wildman–Crippen MR) is 95.7 cm³/mol. The summed E-state index contributed by atoms with van der Waals surface area (Å²) in [7, 11) is 0. The fraction of sp³-hybridized carbons (Fsp3) is 0.158. The van der Waals surface area contributed by atoms with Crippen LogP contribution in [0, 0.1) is 0 Å². The maximum atomic E-state index is 12.6. The van der Waals surface area contributed by atoms with Gasteiger partial charge in [0.2, 0.25) is 0 Å². The quantitative estimate of drug-likeness (QED) is 0.824. The Bertz CT molecular complexity index is 816. The van der Waals surface area contributed by atoms with Crippen LogP contribution in [0.1, 0.15) is 18.1 Å². The second kappa shape index (κ2) is 7.40. The third kappa shape index (κ3) is 4.00. The lowest BCUT2D eigenvalue weighted by atomic mass is 9.99. The summed E-state index contributed by atoms with van der Waals surface area (Å²) in [6, 6.07) is 15.5. The summed E-state index contributed by atoms with van der Waals surface area (Å²) in [5, 5.41) is 5.96. The third-order valence-electron chi connectivity index (χ3n) is 3.85. The lowest BCUT2D eigenvalue weighted by Gasteiger charge is -2.26. The first-order chi connectivity index (χ1) is 12.0. The molecule has 25 heavy (non-hydrogen) atoms. The molecule has 0 radical (unpaired) electrons. The second-order valence-corrected chi connectivity index (χ2v) is 6.11. The minimum atomic E-state index is -0.478. The van der Waals surface area contributed by atoms with Gasteiger partial charge in [-0.15, -0.1) is 0 Å². The topological polar surface area (TPSA) is 67.4 Å². The minimum absolute atomic E-state index is 0.164. The Balaban J connectivity index is 1.89. The molecule has 2 aromatic carbocycles. The Morgan fingerprint density at radius 2 is 1.80 bits per heavy atom. The van der Waals surface area contributed by atoms with E-state index in [-0.39, 0.29) is 12.6 Å². The molecule has 2 aromatic rings. The molecule has 128 valence electrons. The highest BCUT2D eigenvalue weighted by atomic mass is 35.5. The Hall–Kier alpha value is -2.79. The summed E-state index contributed by atoms with van der Waals surface area (Å²) in [6.45, 7) is 1.91. The Morgan fingerprint density at radius 1 is 1.12 bits per heavy atom. The molecule has 0 aromatic heterocycles. The molecular weight excluding hydrogens is 340 g/mol. The first-order valence-corrected chi connectivity index (χ1v) is 8.21. The molecule has 5 nitrogen and oxygen atoms in total. The van der Waals surface area contributed by atoms with Crippen LogP contribution in [0.15, 0.2) is 60.2 Å². The molecule has 1 aliphatic rings. The van der Waals surface area contributed by atoms with E-state index in [0.29, 0.717) is 21.9 Å². The normalized spacial score (nSPS) is 16.9. The highest BCUT2D eigenvalue weighted by molar-refractivity contribution is 6.30. The van der Waals surface area contributed by atoms with Crippen LogP contribution in [-0.4, -0.2) is 18.0 Å².